The number of carbonyl (C=O) groups excluding carboxylic acids is 1. The summed E-state index contributed by atoms with van der Waals surface area (Å²) in [5, 5.41) is 0. The van der Waals surface area contributed by atoms with Gasteiger partial charge in [0.1, 0.15) is 6.04 Å². The van der Waals surface area contributed by atoms with Gasteiger partial charge >= 0.3 is 6.18 Å². The van der Waals surface area contributed by atoms with E-state index in [0.29, 0.717) is 6.54 Å². The van der Waals surface area contributed by atoms with Gasteiger partial charge in [-0.3, -0.25) is 9.69 Å². The fraction of sp³-hybridized carbons (Fsp3) is 0.900. The van der Waals surface area contributed by atoms with Gasteiger partial charge in [-0.2, -0.15) is 13.2 Å². The zero-order valence-electron chi connectivity index (χ0n) is 9.71. The number of alkyl halides is 3. The molecule has 94 valence electrons. The molecular formula is C10H17F3N2O. The molecule has 6 heteroatoms. The molecule has 1 saturated heterocycles. The molecule has 0 saturated carbocycles. The van der Waals surface area contributed by atoms with Crippen molar-refractivity contribution in [2.75, 3.05) is 19.6 Å². The minimum atomic E-state index is -4.35. The minimum absolute atomic E-state index is 0.0685. The molecule has 1 heterocycles. The highest BCUT2D eigenvalue weighted by Crippen LogP contribution is 2.28. The highest BCUT2D eigenvalue weighted by atomic mass is 19.4. The van der Waals surface area contributed by atoms with Gasteiger partial charge in [0.05, 0.1) is 0 Å². The van der Waals surface area contributed by atoms with Gasteiger partial charge in [-0.1, -0.05) is 0 Å². The third-order valence-electron chi connectivity index (χ3n) is 2.92. The number of rotatable bonds is 1. The summed E-state index contributed by atoms with van der Waals surface area (Å²) in [7, 11) is 0. The molecule has 0 aromatic rings. The first-order valence-electron chi connectivity index (χ1n) is 5.31. The zero-order chi connectivity index (χ0) is 12.5. The Balaban J connectivity index is 2.82. The third-order valence-corrected chi connectivity index (χ3v) is 2.92. The highest BCUT2D eigenvalue weighted by molar-refractivity contribution is 5.73. The number of hydrogen-bond acceptors (Lipinski definition) is 2. The van der Waals surface area contributed by atoms with Crippen LogP contribution in [0.1, 0.15) is 20.8 Å². The molecule has 1 atom stereocenters. The van der Waals surface area contributed by atoms with E-state index >= 15 is 0 Å². The molecule has 0 unspecified atom stereocenters. The Morgan fingerprint density at radius 2 is 1.88 bits per heavy atom. The van der Waals surface area contributed by atoms with Crippen molar-refractivity contribution in [3.8, 4) is 0 Å². The number of piperazine rings is 1. The molecule has 0 bridgehead atoms. The van der Waals surface area contributed by atoms with Crippen molar-refractivity contribution in [3.05, 3.63) is 0 Å². The summed E-state index contributed by atoms with van der Waals surface area (Å²) < 4.78 is 38.3. The highest BCUT2D eigenvalue weighted by Gasteiger charge is 2.47. The Bertz CT molecular complexity index is 265. The molecule has 1 fully saturated rings. The molecular weight excluding hydrogens is 221 g/mol. The smallest absolute Gasteiger partial charge is 0.328 e. The second-order valence-electron chi connectivity index (χ2n) is 4.36. The van der Waals surface area contributed by atoms with Crippen molar-refractivity contribution >= 4 is 5.91 Å². The van der Waals surface area contributed by atoms with Crippen LogP contribution < -0.4 is 0 Å². The summed E-state index contributed by atoms with van der Waals surface area (Å²) in [6, 6.07) is -1.60. The van der Waals surface area contributed by atoms with Gasteiger partial charge in [-0.15, -0.1) is 0 Å². The molecule has 0 aliphatic carbocycles. The molecule has 1 aliphatic heterocycles. The number of carbonyl (C=O) groups is 1. The van der Waals surface area contributed by atoms with Crippen LogP contribution in [-0.4, -0.2) is 53.6 Å². The van der Waals surface area contributed by atoms with Gasteiger partial charge in [0, 0.05) is 32.6 Å². The van der Waals surface area contributed by atoms with Crippen molar-refractivity contribution in [3.63, 3.8) is 0 Å². The van der Waals surface area contributed by atoms with Crippen molar-refractivity contribution in [1.82, 2.24) is 9.80 Å². The maximum atomic E-state index is 12.8. The van der Waals surface area contributed by atoms with E-state index in [1.54, 1.807) is 4.90 Å². The molecule has 0 aromatic heterocycles. The summed E-state index contributed by atoms with van der Waals surface area (Å²) in [5.41, 5.74) is 0. The predicted octanol–water partition coefficient (Wildman–Crippen LogP) is 1.49. The lowest BCUT2D eigenvalue weighted by Gasteiger charge is -2.43. The summed E-state index contributed by atoms with van der Waals surface area (Å²) >= 11 is 0. The van der Waals surface area contributed by atoms with Crippen LogP contribution in [0, 0.1) is 0 Å². The monoisotopic (exact) mass is 238 g/mol. The van der Waals surface area contributed by atoms with E-state index in [1.807, 2.05) is 13.8 Å². The second-order valence-corrected chi connectivity index (χ2v) is 4.36. The van der Waals surface area contributed by atoms with Crippen molar-refractivity contribution in [2.24, 2.45) is 0 Å². The van der Waals surface area contributed by atoms with Gasteiger partial charge in [0.2, 0.25) is 5.91 Å². The first kappa shape index (κ1) is 13.3. The Kier molecular flexibility index (Phi) is 3.83. The van der Waals surface area contributed by atoms with Crippen LogP contribution in [-0.2, 0) is 4.79 Å². The average molecular weight is 238 g/mol. The lowest BCUT2D eigenvalue weighted by molar-refractivity contribution is -0.201. The summed E-state index contributed by atoms with van der Waals surface area (Å²) in [6.07, 6.45) is -4.35. The standard InChI is InChI=1S/C10H17F3N2O/c1-7(2)14-4-5-15(8(3)16)9(6-14)10(11,12)13/h7,9H,4-6H2,1-3H3/t9-/m0/s1. The first-order chi connectivity index (χ1) is 7.23. The SMILES string of the molecule is CC(=O)N1CCN(C(C)C)C[C@H]1C(F)(F)F. The first-order valence-corrected chi connectivity index (χ1v) is 5.31. The second kappa shape index (κ2) is 4.61. The largest absolute Gasteiger partial charge is 0.410 e. The van der Waals surface area contributed by atoms with Crippen LogP contribution in [0.5, 0.6) is 0 Å². The van der Waals surface area contributed by atoms with Crippen LogP contribution in [0.2, 0.25) is 0 Å². The molecule has 0 N–H and O–H groups in total. The van der Waals surface area contributed by atoms with E-state index in [1.165, 1.54) is 6.92 Å². The van der Waals surface area contributed by atoms with E-state index in [-0.39, 0.29) is 19.1 Å². The Labute approximate surface area is 93.2 Å². The lowest BCUT2D eigenvalue weighted by atomic mass is 10.1. The van der Waals surface area contributed by atoms with Crippen LogP contribution in [0.4, 0.5) is 13.2 Å². The van der Waals surface area contributed by atoms with Gasteiger partial charge in [-0.05, 0) is 13.8 Å². The summed E-state index contributed by atoms with van der Waals surface area (Å²) in [5.74, 6) is -0.509. The number of hydrogen-bond donors (Lipinski definition) is 0. The Hall–Kier alpha value is -0.780. The molecule has 16 heavy (non-hydrogen) atoms. The molecule has 0 aromatic carbocycles. The van der Waals surface area contributed by atoms with Gasteiger partial charge in [-0.25, -0.2) is 0 Å². The van der Waals surface area contributed by atoms with E-state index in [2.05, 4.69) is 0 Å². The zero-order valence-corrected chi connectivity index (χ0v) is 9.71. The topological polar surface area (TPSA) is 23.6 Å². The fourth-order valence-corrected chi connectivity index (χ4v) is 1.93. The normalized spacial score (nSPS) is 23.9. The van der Waals surface area contributed by atoms with Gasteiger partial charge in [0.15, 0.2) is 0 Å². The number of halogens is 3. The third kappa shape index (κ3) is 2.87. The molecule has 0 spiro atoms. The van der Waals surface area contributed by atoms with E-state index in [4.69, 9.17) is 0 Å². The van der Waals surface area contributed by atoms with Gasteiger partial charge in [0.25, 0.3) is 0 Å². The van der Waals surface area contributed by atoms with E-state index < -0.39 is 18.1 Å². The fourth-order valence-electron chi connectivity index (χ4n) is 1.93. The maximum absolute atomic E-state index is 12.8. The molecule has 1 rings (SSSR count). The van der Waals surface area contributed by atoms with Gasteiger partial charge < -0.3 is 4.90 Å². The summed E-state index contributed by atoms with van der Waals surface area (Å²) in [4.78, 5) is 13.8. The van der Waals surface area contributed by atoms with E-state index in [0.717, 1.165) is 4.90 Å². The van der Waals surface area contributed by atoms with E-state index in [9.17, 15) is 18.0 Å². The Morgan fingerprint density at radius 1 is 1.31 bits per heavy atom. The predicted molar refractivity (Wildman–Crippen MR) is 53.9 cm³/mol. The van der Waals surface area contributed by atoms with Crippen LogP contribution in [0.3, 0.4) is 0 Å². The molecule has 3 nitrogen and oxygen atoms in total. The number of nitrogens with zero attached hydrogens (tertiary/aromatic N) is 2. The van der Waals surface area contributed by atoms with Crippen LogP contribution in [0.15, 0.2) is 0 Å². The van der Waals surface area contributed by atoms with Crippen LogP contribution in [0.25, 0.3) is 0 Å². The van der Waals surface area contributed by atoms with Crippen molar-refractivity contribution in [2.45, 2.75) is 39.0 Å². The molecule has 1 amide bonds. The molecule has 1 aliphatic rings. The van der Waals surface area contributed by atoms with Crippen molar-refractivity contribution < 1.29 is 18.0 Å². The maximum Gasteiger partial charge on any atom is 0.410 e. The number of amides is 1. The average Bonchev–Trinajstić information content (AvgIpc) is 2.15. The quantitative estimate of drug-likeness (QED) is 0.691. The van der Waals surface area contributed by atoms with Crippen molar-refractivity contribution in [1.29, 1.82) is 0 Å². The lowest BCUT2D eigenvalue weighted by Crippen LogP contribution is -2.61. The molecule has 0 radical (unpaired) electrons. The van der Waals surface area contributed by atoms with Crippen LogP contribution >= 0.6 is 0 Å². The summed E-state index contributed by atoms with van der Waals surface area (Å²) in [6.45, 7) is 5.43. The Morgan fingerprint density at radius 3 is 2.25 bits per heavy atom. The minimum Gasteiger partial charge on any atom is -0.328 e.